The molecule has 0 radical (unpaired) electrons. The lowest BCUT2D eigenvalue weighted by Crippen LogP contribution is -2.33. The van der Waals surface area contributed by atoms with Gasteiger partial charge in [-0.3, -0.25) is 0 Å². The highest BCUT2D eigenvalue weighted by Crippen LogP contribution is 2.21. The van der Waals surface area contributed by atoms with Crippen molar-refractivity contribution in [3.63, 3.8) is 0 Å². The van der Waals surface area contributed by atoms with E-state index >= 15 is 0 Å². The molecule has 0 fully saturated rings. The Bertz CT molecular complexity index is 556. The van der Waals surface area contributed by atoms with E-state index in [0.717, 1.165) is 0 Å². The number of carbonyl (C=O) groups is 1. The molecule has 116 valence electrons. The summed E-state index contributed by atoms with van der Waals surface area (Å²) in [6.07, 6.45) is -1.46. The monoisotopic (exact) mass is 304 g/mol. The quantitative estimate of drug-likeness (QED) is 0.792. The second-order valence-electron chi connectivity index (χ2n) is 4.26. The molecule has 0 heterocycles. The number of rotatable bonds is 7. The summed E-state index contributed by atoms with van der Waals surface area (Å²) in [4.78, 5) is 11.3. The van der Waals surface area contributed by atoms with Crippen molar-refractivity contribution in [3.8, 4) is 23.0 Å². The number of aliphatic carboxylic acids is 1. The third-order valence-electron chi connectivity index (χ3n) is 2.81. The molecule has 0 atom stereocenters. The van der Waals surface area contributed by atoms with Gasteiger partial charge in [-0.15, -0.1) is 0 Å². The van der Waals surface area contributed by atoms with Crippen molar-refractivity contribution < 1.29 is 28.8 Å². The van der Waals surface area contributed by atoms with Crippen LogP contribution < -0.4 is 18.9 Å². The van der Waals surface area contributed by atoms with E-state index in [4.69, 9.17) is 18.9 Å². The molecule has 2 aromatic carbocycles. The second kappa shape index (κ2) is 7.21. The van der Waals surface area contributed by atoms with Crippen LogP contribution in [0, 0.1) is 0 Å². The number of hydrogen-bond donors (Lipinski definition) is 1. The molecule has 0 aliphatic carbocycles. The molecule has 0 saturated carbocycles. The van der Waals surface area contributed by atoms with Crippen LogP contribution in [0.5, 0.6) is 23.0 Å². The Kier molecular flexibility index (Phi) is 5.08. The van der Waals surface area contributed by atoms with E-state index in [1.165, 1.54) is 0 Å². The van der Waals surface area contributed by atoms with Crippen molar-refractivity contribution in [3.05, 3.63) is 48.5 Å². The zero-order valence-corrected chi connectivity index (χ0v) is 12.2. The molecule has 2 rings (SSSR count). The number of benzene rings is 2. The van der Waals surface area contributed by atoms with E-state index in [1.807, 2.05) is 0 Å². The van der Waals surface area contributed by atoms with E-state index in [-0.39, 0.29) is 0 Å². The molecule has 0 saturated heterocycles. The molecule has 0 amide bonds. The van der Waals surface area contributed by atoms with Gasteiger partial charge in [0.05, 0.1) is 14.2 Å². The van der Waals surface area contributed by atoms with E-state index in [0.29, 0.717) is 23.0 Å². The summed E-state index contributed by atoms with van der Waals surface area (Å²) in [5.74, 6) is 0.792. The van der Waals surface area contributed by atoms with Crippen LogP contribution >= 0.6 is 0 Å². The summed E-state index contributed by atoms with van der Waals surface area (Å²) in [7, 11) is 3.09. The fraction of sp³-hybridized carbons (Fsp3) is 0.188. The predicted octanol–water partition coefficient (Wildman–Crippen LogP) is 2.57. The lowest BCUT2D eigenvalue weighted by Gasteiger charge is -2.17. The first-order valence-corrected chi connectivity index (χ1v) is 6.46. The summed E-state index contributed by atoms with van der Waals surface area (Å²) in [6, 6.07) is 13.1. The van der Waals surface area contributed by atoms with Crippen molar-refractivity contribution in [1.29, 1.82) is 0 Å². The third-order valence-corrected chi connectivity index (χ3v) is 2.81. The first-order chi connectivity index (χ1) is 10.6. The van der Waals surface area contributed by atoms with Gasteiger partial charge in [0.15, 0.2) is 0 Å². The molecular formula is C16H16O6. The number of carboxylic acids is 1. The van der Waals surface area contributed by atoms with Crippen molar-refractivity contribution in [2.45, 2.75) is 6.29 Å². The molecule has 0 aromatic heterocycles. The Hall–Kier alpha value is -2.89. The van der Waals surface area contributed by atoms with Crippen molar-refractivity contribution in [2.75, 3.05) is 14.2 Å². The van der Waals surface area contributed by atoms with Crippen LogP contribution in [-0.4, -0.2) is 31.6 Å². The highest BCUT2D eigenvalue weighted by atomic mass is 16.7. The minimum Gasteiger partial charge on any atom is -0.497 e. The van der Waals surface area contributed by atoms with Crippen LogP contribution in [0.4, 0.5) is 0 Å². The van der Waals surface area contributed by atoms with Gasteiger partial charge in [0.25, 0.3) is 0 Å². The van der Waals surface area contributed by atoms with Crippen molar-refractivity contribution in [2.24, 2.45) is 0 Å². The standard InChI is InChI=1S/C16H16O6/c1-19-11-3-7-13(8-4-11)21-16(15(17)18)22-14-9-5-12(20-2)6-10-14/h3-10,16H,1-2H3,(H,17,18). The Morgan fingerprint density at radius 3 is 1.36 bits per heavy atom. The highest BCUT2D eigenvalue weighted by molar-refractivity contribution is 5.71. The average molecular weight is 304 g/mol. The Morgan fingerprint density at radius 2 is 1.09 bits per heavy atom. The summed E-state index contributed by atoms with van der Waals surface area (Å²) in [5, 5.41) is 9.20. The van der Waals surface area contributed by atoms with Crippen molar-refractivity contribution >= 4 is 5.97 Å². The van der Waals surface area contributed by atoms with Gasteiger partial charge in [-0.25, -0.2) is 4.79 Å². The molecule has 6 heteroatoms. The first kappa shape index (κ1) is 15.5. The molecule has 6 nitrogen and oxygen atoms in total. The molecule has 0 aliphatic heterocycles. The number of ether oxygens (including phenoxy) is 4. The number of methoxy groups -OCH3 is 2. The largest absolute Gasteiger partial charge is 0.497 e. The van der Waals surface area contributed by atoms with Crippen LogP contribution in [0.25, 0.3) is 0 Å². The lowest BCUT2D eigenvalue weighted by molar-refractivity contribution is -0.158. The molecule has 0 bridgehead atoms. The maximum atomic E-state index is 11.3. The summed E-state index contributed by atoms with van der Waals surface area (Å²) in [5.41, 5.74) is 0. The highest BCUT2D eigenvalue weighted by Gasteiger charge is 2.21. The minimum atomic E-state index is -1.46. The van der Waals surface area contributed by atoms with Crippen LogP contribution in [0.15, 0.2) is 48.5 Å². The maximum absolute atomic E-state index is 11.3. The second-order valence-corrected chi connectivity index (χ2v) is 4.26. The van der Waals surface area contributed by atoms with Gasteiger partial charge in [0.2, 0.25) is 0 Å². The van der Waals surface area contributed by atoms with Gasteiger partial charge >= 0.3 is 12.3 Å². The minimum absolute atomic E-state index is 0.363. The maximum Gasteiger partial charge on any atom is 0.387 e. The van der Waals surface area contributed by atoms with E-state index in [2.05, 4.69) is 0 Å². The molecule has 0 aliphatic rings. The number of hydrogen-bond acceptors (Lipinski definition) is 5. The smallest absolute Gasteiger partial charge is 0.387 e. The van der Waals surface area contributed by atoms with Crippen LogP contribution in [0.2, 0.25) is 0 Å². The van der Waals surface area contributed by atoms with Gasteiger partial charge < -0.3 is 24.1 Å². The molecule has 0 unspecified atom stereocenters. The molecule has 2 aromatic rings. The van der Waals surface area contributed by atoms with Crippen molar-refractivity contribution in [1.82, 2.24) is 0 Å². The summed E-state index contributed by atoms with van der Waals surface area (Å²) >= 11 is 0. The van der Waals surface area contributed by atoms with Gasteiger partial charge in [0, 0.05) is 0 Å². The molecule has 22 heavy (non-hydrogen) atoms. The SMILES string of the molecule is COc1ccc(OC(Oc2ccc(OC)cc2)C(=O)O)cc1. The Labute approximate surface area is 127 Å². The Morgan fingerprint density at radius 1 is 0.773 bits per heavy atom. The lowest BCUT2D eigenvalue weighted by atomic mass is 10.3. The van der Waals surface area contributed by atoms with Gasteiger partial charge in [-0.05, 0) is 48.5 Å². The van der Waals surface area contributed by atoms with Crippen LogP contribution in [0.3, 0.4) is 0 Å². The Balaban J connectivity index is 2.06. The van der Waals surface area contributed by atoms with E-state index < -0.39 is 12.3 Å². The fourth-order valence-electron chi connectivity index (χ4n) is 1.68. The van der Waals surface area contributed by atoms with E-state index in [9.17, 15) is 9.90 Å². The predicted molar refractivity (Wildman–Crippen MR) is 78.7 cm³/mol. The molecule has 1 N–H and O–H groups in total. The molecular weight excluding hydrogens is 288 g/mol. The summed E-state index contributed by atoms with van der Waals surface area (Å²) in [6.45, 7) is 0. The first-order valence-electron chi connectivity index (χ1n) is 6.46. The molecule has 0 spiro atoms. The van der Waals surface area contributed by atoms with Gasteiger partial charge in [0.1, 0.15) is 23.0 Å². The zero-order chi connectivity index (χ0) is 15.9. The summed E-state index contributed by atoms with van der Waals surface area (Å²) < 4.78 is 20.7. The van der Waals surface area contributed by atoms with Crippen LogP contribution in [-0.2, 0) is 4.79 Å². The fourth-order valence-corrected chi connectivity index (χ4v) is 1.68. The van der Waals surface area contributed by atoms with Gasteiger partial charge in [-0.2, -0.15) is 0 Å². The zero-order valence-electron chi connectivity index (χ0n) is 12.2. The number of carboxylic acid groups (broad SMARTS) is 1. The normalized spacial score (nSPS) is 10.1. The topological polar surface area (TPSA) is 74.2 Å². The van der Waals surface area contributed by atoms with Crippen LogP contribution in [0.1, 0.15) is 0 Å². The third kappa shape index (κ3) is 4.05. The van der Waals surface area contributed by atoms with Gasteiger partial charge in [-0.1, -0.05) is 0 Å². The van der Waals surface area contributed by atoms with E-state index in [1.54, 1.807) is 62.8 Å². The average Bonchev–Trinajstić information content (AvgIpc) is 2.55.